The van der Waals surface area contributed by atoms with Gasteiger partial charge in [-0.05, 0) is 83.3 Å². The van der Waals surface area contributed by atoms with Gasteiger partial charge in [-0.15, -0.1) is 11.8 Å². The van der Waals surface area contributed by atoms with Crippen LogP contribution in [0.15, 0.2) is 113 Å². The van der Waals surface area contributed by atoms with Gasteiger partial charge in [-0.25, -0.2) is 4.79 Å². The molecule has 0 heterocycles. The fraction of sp³-hybridized carbons (Fsp3) is 0.129. The van der Waals surface area contributed by atoms with Crippen LogP contribution in [0.3, 0.4) is 0 Å². The number of rotatable bonds is 10. The molecule has 0 spiro atoms. The van der Waals surface area contributed by atoms with Gasteiger partial charge in [0.15, 0.2) is 6.10 Å². The van der Waals surface area contributed by atoms with E-state index in [2.05, 4.69) is 76.6 Å². The maximum atomic E-state index is 11.0. The second-order valence-electron chi connectivity index (χ2n) is 8.31. The second-order valence-corrected chi connectivity index (χ2v) is 10.3. The first kappa shape index (κ1) is 26.6. The predicted octanol–water partition coefficient (Wildman–Crippen LogP) is 8.20. The third-order valence-corrected chi connectivity index (χ3v) is 7.24. The maximum absolute atomic E-state index is 11.0. The van der Waals surface area contributed by atoms with Crippen molar-refractivity contribution in [3.8, 4) is 22.6 Å². The number of benzene rings is 4. The Morgan fingerprint density at radius 3 is 2.16 bits per heavy atom. The molecule has 0 amide bonds. The molecule has 0 fully saturated rings. The van der Waals surface area contributed by atoms with Gasteiger partial charge in [0, 0.05) is 15.1 Å². The van der Waals surface area contributed by atoms with Crippen molar-refractivity contribution in [2.75, 3.05) is 12.9 Å². The number of hydrogen-bond donors (Lipinski definition) is 1. The number of ether oxygens (including phenoxy) is 2. The smallest absolute Gasteiger partial charge is 0.344 e. The maximum Gasteiger partial charge on any atom is 0.344 e. The van der Waals surface area contributed by atoms with Crippen LogP contribution in [0.4, 0.5) is 0 Å². The Balaban J connectivity index is 1.53. The van der Waals surface area contributed by atoms with Gasteiger partial charge in [-0.1, -0.05) is 70.5 Å². The summed E-state index contributed by atoms with van der Waals surface area (Å²) in [6, 6.07) is 32.5. The molecule has 6 heteroatoms. The molecule has 1 atom stereocenters. The zero-order valence-electron chi connectivity index (χ0n) is 20.6. The van der Waals surface area contributed by atoms with Gasteiger partial charge in [-0.2, -0.15) is 0 Å². The van der Waals surface area contributed by atoms with Gasteiger partial charge < -0.3 is 14.6 Å². The number of methoxy groups -OCH3 is 1. The minimum absolute atomic E-state index is 0.543. The number of halogens is 1. The average molecular weight is 576 g/mol. The van der Waals surface area contributed by atoms with Crippen molar-refractivity contribution < 1.29 is 19.4 Å². The van der Waals surface area contributed by atoms with Crippen LogP contribution in [0.1, 0.15) is 18.1 Å². The molecule has 4 aromatic rings. The largest absolute Gasteiger partial charge is 0.497 e. The molecular formula is C31H27BrO4S. The van der Waals surface area contributed by atoms with Gasteiger partial charge in [-0.3, -0.25) is 0 Å². The van der Waals surface area contributed by atoms with Gasteiger partial charge >= 0.3 is 5.97 Å². The highest BCUT2D eigenvalue weighted by Gasteiger charge is 2.12. The quantitative estimate of drug-likeness (QED) is 0.193. The Labute approximate surface area is 230 Å². The third kappa shape index (κ3) is 7.28. The van der Waals surface area contributed by atoms with Crippen LogP contribution in [-0.4, -0.2) is 30.0 Å². The molecule has 0 saturated carbocycles. The van der Waals surface area contributed by atoms with Gasteiger partial charge in [0.25, 0.3) is 0 Å². The van der Waals surface area contributed by atoms with Crippen molar-refractivity contribution in [1.29, 1.82) is 0 Å². The molecule has 1 N–H and O–H groups in total. The van der Waals surface area contributed by atoms with E-state index >= 15 is 0 Å². The molecule has 0 saturated heterocycles. The lowest BCUT2D eigenvalue weighted by atomic mass is 9.95. The molecule has 0 bridgehead atoms. The normalized spacial score (nSPS) is 12.1. The summed E-state index contributed by atoms with van der Waals surface area (Å²) in [6.07, 6.45) is 1.36. The van der Waals surface area contributed by atoms with Crippen LogP contribution in [0, 0.1) is 0 Å². The zero-order chi connectivity index (χ0) is 26.2. The predicted molar refractivity (Wildman–Crippen MR) is 155 cm³/mol. The van der Waals surface area contributed by atoms with E-state index in [1.54, 1.807) is 31.0 Å². The summed E-state index contributed by atoms with van der Waals surface area (Å²) in [5.41, 5.74) is 5.69. The molecule has 0 aromatic heterocycles. The van der Waals surface area contributed by atoms with E-state index in [-0.39, 0.29) is 0 Å². The van der Waals surface area contributed by atoms with E-state index in [4.69, 9.17) is 14.6 Å². The van der Waals surface area contributed by atoms with Crippen molar-refractivity contribution in [2.24, 2.45) is 0 Å². The molecule has 0 radical (unpaired) electrons. The zero-order valence-corrected chi connectivity index (χ0v) is 23.0. The minimum atomic E-state index is -0.986. The molecule has 37 heavy (non-hydrogen) atoms. The lowest BCUT2D eigenvalue weighted by molar-refractivity contribution is -0.144. The fourth-order valence-electron chi connectivity index (χ4n) is 3.77. The number of carbonyl (C=O) groups is 1. The Kier molecular flexibility index (Phi) is 9.09. The Morgan fingerprint density at radius 2 is 1.54 bits per heavy atom. The molecule has 4 rings (SSSR count). The molecule has 4 nitrogen and oxygen atoms in total. The second kappa shape index (κ2) is 12.7. The first-order chi connectivity index (χ1) is 17.9. The topological polar surface area (TPSA) is 55.8 Å². The molecule has 188 valence electrons. The van der Waals surface area contributed by atoms with Crippen LogP contribution in [-0.2, 0) is 4.79 Å². The lowest BCUT2D eigenvalue weighted by Crippen LogP contribution is -2.22. The van der Waals surface area contributed by atoms with Crippen LogP contribution >= 0.6 is 27.7 Å². The van der Waals surface area contributed by atoms with Crippen molar-refractivity contribution in [1.82, 2.24) is 0 Å². The molecule has 4 aromatic carbocycles. The summed E-state index contributed by atoms with van der Waals surface area (Å²) in [6.45, 7) is 1.52. The van der Waals surface area contributed by atoms with E-state index in [0.717, 1.165) is 48.7 Å². The Hall–Kier alpha value is -3.48. The summed E-state index contributed by atoms with van der Waals surface area (Å²) < 4.78 is 11.8. The van der Waals surface area contributed by atoms with Gasteiger partial charge in [0.2, 0.25) is 0 Å². The summed E-state index contributed by atoms with van der Waals surface area (Å²) in [7, 11) is 1.68. The molecule has 0 aliphatic rings. The van der Waals surface area contributed by atoms with E-state index in [0.29, 0.717) is 5.75 Å². The standard InChI is InChI=1S/C31H27BrO4S/c1-21(31(33)34)36-27-14-16-29(17-15-27)37-19-18-30(24-10-12-26(32)13-11-24)23-8-6-22(7-9-23)25-4-3-5-28(20-25)35-2/h3-18,20-21H,19H2,1-2H3,(H,33,34). The van der Waals surface area contributed by atoms with Crippen LogP contribution < -0.4 is 9.47 Å². The van der Waals surface area contributed by atoms with Crippen molar-refractivity contribution in [3.63, 3.8) is 0 Å². The van der Waals surface area contributed by atoms with Crippen molar-refractivity contribution >= 4 is 39.2 Å². The van der Waals surface area contributed by atoms with E-state index in [1.165, 1.54) is 6.92 Å². The summed E-state index contributed by atoms with van der Waals surface area (Å²) >= 11 is 5.24. The number of carboxylic acids is 1. The third-order valence-electron chi connectivity index (χ3n) is 5.78. The first-order valence-electron chi connectivity index (χ1n) is 11.8. The molecular weight excluding hydrogens is 548 g/mol. The van der Waals surface area contributed by atoms with Gasteiger partial charge in [0.05, 0.1) is 7.11 Å². The number of carboxylic acid groups (broad SMARTS) is 1. The number of hydrogen-bond acceptors (Lipinski definition) is 4. The molecule has 0 aliphatic heterocycles. The van der Waals surface area contributed by atoms with E-state index in [9.17, 15) is 4.79 Å². The minimum Gasteiger partial charge on any atom is -0.497 e. The number of aliphatic carboxylic acids is 1. The molecule has 1 unspecified atom stereocenters. The van der Waals surface area contributed by atoms with Crippen LogP contribution in [0.2, 0.25) is 0 Å². The van der Waals surface area contributed by atoms with Crippen molar-refractivity contribution in [2.45, 2.75) is 17.9 Å². The van der Waals surface area contributed by atoms with E-state index < -0.39 is 12.1 Å². The lowest BCUT2D eigenvalue weighted by Gasteiger charge is -2.12. The highest BCUT2D eigenvalue weighted by atomic mass is 79.9. The van der Waals surface area contributed by atoms with Crippen molar-refractivity contribution in [3.05, 3.63) is 119 Å². The monoisotopic (exact) mass is 574 g/mol. The van der Waals surface area contributed by atoms with Crippen LogP contribution in [0.25, 0.3) is 16.7 Å². The fourth-order valence-corrected chi connectivity index (χ4v) is 4.80. The van der Waals surface area contributed by atoms with Crippen LogP contribution in [0.5, 0.6) is 11.5 Å². The highest BCUT2D eigenvalue weighted by molar-refractivity contribution is 9.10. The summed E-state index contributed by atoms with van der Waals surface area (Å²) in [4.78, 5) is 12.1. The first-order valence-corrected chi connectivity index (χ1v) is 13.5. The number of thioether (sulfide) groups is 1. The Morgan fingerprint density at radius 1 is 0.892 bits per heavy atom. The Bertz CT molecular complexity index is 1360. The van der Waals surface area contributed by atoms with E-state index in [1.807, 2.05) is 30.3 Å². The van der Waals surface area contributed by atoms with Gasteiger partial charge in [0.1, 0.15) is 11.5 Å². The molecule has 0 aliphatic carbocycles. The highest BCUT2D eigenvalue weighted by Crippen LogP contribution is 2.30. The average Bonchev–Trinajstić information content (AvgIpc) is 2.93. The summed E-state index contributed by atoms with van der Waals surface area (Å²) in [5.74, 6) is 1.17. The SMILES string of the molecule is COc1cccc(-c2ccc(C(=CCSc3ccc(OC(C)C(=O)O)cc3)c3ccc(Br)cc3)cc2)c1. The summed E-state index contributed by atoms with van der Waals surface area (Å²) in [5, 5.41) is 9.02.